The highest BCUT2D eigenvalue weighted by Gasteiger charge is 2.41. The molecule has 110 valence electrons. The average molecular weight is 297 g/mol. The summed E-state index contributed by atoms with van der Waals surface area (Å²) in [4.78, 5) is 28.2. The quantitative estimate of drug-likeness (QED) is 0.617. The number of hydrogen-bond acceptors (Lipinski definition) is 6. The lowest BCUT2D eigenvalue weighted by atomic mass is 10.0. The van der Waals surface area contributed by atoms with Gasteiger partial charge in [-0.1, -0.05) is 12.8 Å². The molecule has 0 saturated heterocycles. The van der Waals surface area contributed by atoms with Gasteiger partial charge in [-0.2, -0.15) is 0 Å². The minimum Gasteiger partial charge on any atom is -0.464 e. The topological polar surface area (TPSA) is 65.5 Å². The number of thiazole rings is 1. The summed E-state index contributed by atoms with van der Waals surface area (Å²) < 4.78 is 10.6. The van der Waals surface area contributed by atoms with E-state index in [1.807, 2.05) is 6.92 Å². The zero-order chi connectivity index (χ0) is 14.8. The van der Waals surface area contributed by atoms with E-state index in [-0.39, 0.29) is 11.5 Å². The van der Waals surface area contributed by atoms with Crippen molar-refractivity contribution < 1.29 is 19.1 Å². The van der Waals surface area contributed by atoms with Crippen LogP contribution in [-0.4, -0.2) is 30.5 Å². The predicted molar refractivity (Wildman–Crippen MR) is 75.2 cm³/mol. The van der Waals surface area contributed by atoms with Gasteiger partial charge in [0.1, 0.15) is 15.5 Å². The number of nitrogens with zero attached hydrogens (tertiary/aromatic N) is 1. The molecule has 0 N–H and O–H groups in total. The smallest absolute Gasteiger partial charge is 0.358 e. The fourth-order valence-electron chi connectivity index (χ4n) is 2.63. The fourth-order valence-corrected chi connectivity index (χ4v) is 3.78. The Hall–Kier alpha value is -1.27. The van der Waals surface area contributed by atoms with E-state index in [4.69, 9.17) is 9.47 Å². The molecule has 20 heavy (non-hydrogen) atoms. The highest BCUT2D eigenvalue weighted by Crippen LogP contribution is 2.44. The number of hydrogen-bond donors (Lipinski definition) is 0. The summed E-state index contributed by atoms with van der Waals surface area (Å²) in [5.74, 6) is -0.735. The van der Waals surface area contributed by atoms with Crippen molar-refractivity contribution in [2.24, 2.45) is 0 Å². The first-order valence-electron chi connectivity index (χ1n) is 6.78. The lowest BCUT2D eigenvalue weighted by molar-refractivity contribution is -0.0391. The van der Waals surface area contributed by atoms with Crippen LogP contribution in [0.15, 0.2) is 0 Å². The van der Waals surface area contributed by atoms with Gasteiger partial charge >= 0.3 is 5.97 Å². The lowest BCUT2D eigenvalue weighted by Crippen LogP contribution is -2.26. The summed E-state index contributed by atoms with van der Waals surface area (Å²) in [7, 11) is 1.29. The van der Waals surface area contributed by atoms with E-state index in [0.717, 1.165) is 30.7 Å². The third-order valence-electron chi connectivity index (χ3n) is 3.55. The highest BCUT2D eigenvalue weighted by atomic mass is 32.1. The van der Waals surface area contributed by atoms with Gasteiger partial charge in [-0.15, -0.1) is 11.3 Å². The van der Waals surface area contributed by atoms with Gasteiger partial charge in [0.25, 0.3) is 0 Å². The number of rotatable bonds is 5. The van der Waals surface area contributed by atoms with E-state index in [2.05, 4.69) is 4.98 Å². The van der Waals surface area contributed by atoms with Gasteiger partial charge in [0, 0.05) is 13.5 Å². The zero-order valence-electron chi connectivity index (χ0n) is 12.0. The predicted octanol–water partition coefficient (Wildman–Crippen LogP) is 2.94. The number of Topliss-reactive ketones (excluding diaryl/α,β-unsaturated/α-hetero) is 1. The number of ether oxygens (including phenoxy) is 2. The summed E-state index contributed by atoms with van der Waals surface area (Å²) in [6.07, 6.45) is 3.91. The molecular weight excluding hydrogens is 278 g/mol. The Morgan fingerprint density at radius 2 is 2.00 bits per heavy atom. The van der Waals surface area contributed by atoms with Gasteiger partial charge < -0.3 is 9.47 Å². The van der Waals surface area contributed by atoms with E-state index >= 15 is 0 Å². The number of aromatic nitrogens is 1. The Kier molecular flexibility index (Phi) is 4.55. The van der Waals surface area contributed by atoms with Gasteiger partial charge in [-0.3, -0.25) is 4.79 Å². The molecule has 1 aromatic rings. The molecule has 0 aliphatic heterocycles. The molecule has 1 aromatic heterocycles. The van der Waals surface area contributed by atoms with Crippen molar-refractivity contribution in [1.82, 2.24) is 4.98 Å². The molecule has 1 aliphatic carbocycles. The Morgan fingerprint density at radius 3 is 2.50 bits per heavy atom. The van der Waals surface area contributed by atoms with Gasteiger partial charge in [0.2, 0.25) is 0 Å². The maximum absolute atomic E-state index is 11.8. The zero-order valence-corrected chi connectivity index (χ0v) is 12.8. The largest absolute Gasteiger partial charge is 0.464 e. The number of carbonyl (C=O) groups is 2. The van der Waals surface area contributed by atoms with E-state index in [0.29, 0.717) is 11.5 Å². The number of esters is 1. The maximum atomic E-state index is 11.8. The number of ketones is 1. The monoisotopic (exact) mass is 297 g/mol. The van der Waals surface area contributed by atoms with Crippen LogP contribution >= 0.6 is 11.3 Å². The van der Waals surface area contributed by atoms with Crippen molar-refractivity contribution in [3.05, 3.63) is 15.6 Å². The second-order valence-electron chi connectivity index (χ2n) is 4.88. The molecule has 0 bridgehead atoms. The van der Waals surface area contributed by atoms with Crippen molar-refractivity contribution in [2.45, 2.75) is 45.1 Å². The molecule has 1 fully saturated rings. The van der Waals surface area contributed by atoms with Gasteiger partial charge in [0.15, 0.2) is 11.5 Å². The molecule has 0 unspecified atom stereocenters. The minimum absolute atomic E-state index is 0.117. The number of carbonyl (C=O) groups excluding carboxylic acids is 2. The first-order valence-corrected chi connectivity index (χ1v) is 7.60. The third-order valence-corrected chi connectivity index (χ3v) is 4.89. The molecule has 0 atom stereocenters. The summed E-state index contributed by atoms with van der Waals surface area (Å²) >= 11 is 1.26. The van der Waals surface area contributed by atoms with Gasteiger partial charge in [-0.25, -0.2) is 9.78 Å². The van der Waals surface area contributed by atoms with Crippen molar-refractivity contribution in [3.63, 3.8) is 0 Å². The minimum atomic E-state index is -0.567. The van der Waals surface area contributed by atoms with Crippen molar-refractivity contribution in [2.75, 3.05) is 13.7 Å². The van der Waals surface area contributed by atoms with Crippen LogP contribution in [-0.2, 0) is 15.1 Å². The maximum Gasteiger partial charge on any atom is 0.358 e. The van der Waals surface area contributed by atoms with Gasteiger partial charge in [0.05, 0.1) is 7.11 Å². The first kappa shape index (κ1) is 15.1. The van der Waals surface area contributed by atoms with Crippen LogP contribution < -0.4 is 0 Å². The lowest BCUT2D eigenvalue weighted by Gasteiger charge is -2.26. The third kappa shape index (κ3) is 2.62. The molecule has 0 radical (unpaired) electrons. The molecule has 6 heteroatoms. The van der Waals surface area contributed by atoms with E-state index in [1.165, 1.54) is 25.4 Å². The normalized spacial score (nSPS) is 17.1. The molecule has 1 saturated carbocycles. The summed E-state index contributed by atoms with van der Waals surface area (Å²) in [6.45, 7) is 3.97. The van der Waals surface area contributed by atoms with Crippen molar-refractivity contribution in [1.29, 1.82) is 0 Å². The average Bonchev–Trinajstić information content (AvgIpc) is 3.05. The summed E-state index contributed by atoms with van der Waals surface area (Å²) in [6, 6.07) is 0. The molecule has 1 heterocycles. The second kappa shape index (κ2) is 6.01. The fraction of sp³-hybridized carbons (Fsp3) is 0.643. The van der Waals surface area contributed by atoms with Crippen LogP contribution in [0.3, 0.4) is 0 Å². The Labute approximate surface area is 122 Å². The molecule has 0 aromatic carbocycles. The van der Waals surface area contributed by atoms with Crippen molar-refractivity contribution in [3.8, 4) is 0 Å². The molecule has 0 amide bonds. The van der Waals surface area contributed by atoms with Gasteiger partial charge in [-0.05, 0) is 19.8 Å². The van der Waals surface area contributed by atoms with Crippen LogP contribution in [0.25, 0.3) is 0 Å². The molecule has 1 aliphatic rings. The highest BCUT2D eigenvalue weighted by molar-refractivity contribution is 7.14. The van der Waals surface area contributed by atoms with Crippen LogP contribution in [0.1, 0.15) is 64.7 Å². The molecule has 2 rings (SSSR count). The molecule has 0 spiro atoms. The standard InChI is InChI=1S/C14H19NO4S/c1-4-19-14(7-5-6-8-14)13-15-10(12(17)18-3)11(20-13)9(2)16/h4-8H2,1-3H3. The van der Waals surface area contributed by atoms with Crippen LogP contribution in [0.4, 0.5) is 0 Å². The van der Waals surface area contributed by atoms with E-state index in [9.17, 15) is 9.59 Å². The van der Waals surface area contributed by atoms with Crippen LogP contribution in [0.2, 0.25) is 0 Å². The summed E-state index contributed by atoms with van der Waals surface area (Å²) in [5, 5.41) is 0.724. The Morgan fingerprint density at radius 1 is 1.35 bits per heavy atom. The summed E-state index contributed by atoms with van der Waals surface area (Å²) in [5.41, 5.74) is -0.318. The molecule has 5 nitrogen and oxygen atoms in total. The van der Waals surface area contributed by atoms with E-state index in [1.54, 1.807) is 0 Å². The van der Waals surface area contributed by atoms with Crippen LogP contribution in [0.5, 0.6) is 0 Å². The number of methoxy groups -OCH3 is 1. The molecular formula is C14H19NO4S. The Balaban J connectivity index is 2.46. The second-order valence-corrected chi connectivity index (χ2v) is 5.88. The van der Waals surface area contributed by atoms with Crippen LogP contribution in [0, 0.1) is 0 Å². The van der Waals surface area contributed by atoms with E-state index < -0.39 is 11.6 Å². The SMILES string of the molecule is CCOC1(c2nc(C(=O)OC)c(C(C)=O)s2)CCCC1. The Bertz CT molecular complexity index is 517. The van der Waals surface area contributed by atoms with Crippen molar-refractivity contribution >= 4 is 23.1 Å². The first-order chi connectivity index (χ1) is 9.54.